The van der Waals surface area contributed by atoms with Gasteiger partial charge in [0.1, 0.15) is 11.9 Å². The van der Waals surface area contributed by atoms with Crippen LogP contribution in [-0.4, -0.2) is 45.5 Å². The van der Waals surface area contributed by atoms with Crippen molar-refractivity contribution in [3.63, 3.8) is 0 Å². The third-order valence-electron chi connectivity index (χ3n) is 3.58. The summed E-state index contributed by atoms with van der Waals surface area (Å²) in [5.74, 6) is -0.463. The number of imide groups is 1. The second-order valence-corrected chi connectivity index (χ2v) is 5.88. The molecule has 1 aromatic rings. The Balaban J connectivity index is 1.58. The van der Waals surface area contributed by atoms with Gasteiger partial charge in [0, 0.05) is 5.41 Å². The smallest absolute Gasteiger partial charge is 0.484 e. The number of nitrogens with zero attached hydrogens (tertiary/aromatic N) is 1. The quantitative estimate of drug-likeness (QED) is 0.638. The minimum Gasteiger partial charge on any atom is -0.484 e. The number of rotatable bonds is 4. The molecular weight excluding hydrogens is 308 g/mol. The van der Waals surface area contributed by atoms with Crippen LogP contribution in [0.4, 0.5) is 4.79 Å². The summed E-state index contributed by atoms with van der Waals surface area (Å²) in [6.07, 6.45) is 0.102. The molecule has 3 atom stereocenters. The van der Waals surface area contributed by atoms with Crippen molar-refractivity contribution in [2.24, 2.45) is 0 Å². The molecule has 1 fully saturated rings. The highest BCUT2D eigenvalue weighted by Crippen LogP contribution is 2.44. The molecule has 7 nitrogen and oxygen atoms in total. The molecule has 114 valence electrons. The topological polar surface area (TPSA) is 92.7 Å². The number of hydrogen-bond acceptors (Lipinski definition) is 5. The lowest BCUT2D eigenvalue weighted by Crippen LogP contribution is -2.78. The number of para-hydroxylation sites is 1. The summed E-state index contributed by atoms with van der Waals surface area (Å²) in [6.45, 7) is -0.230. The van der Waals surface area contributed by atoms with Crippen LogP contribution in [0.25, 0.3) is 0 Å². The van der Waals surface area contributed by atoms with Crippen molar-refractivity contribution in [2.75, 3.05) is 6.61 Å². The molecule has 0 saturated carbocycles. The number of amides is 3. The van der Waals surface area contributed by atoms with E-state index in [1.54, 1.807) is 29.7 Å². The largest absolute Gasteiger partial charge is 0.527 e. The number of quaternary nitrogens is 1. The Kier molecular flexibility index (Phi) is 3.63. The fraction of sp³-hybridized carbons (Fsp3) is 0.214. The molecule has 3 amide bonds. The van der Waals surface area contributed by atoms with Crippen LogP contribution in [-0.2, 0) is 9.59 Å². The summed E-state index contributed by atoms with van der Waals surface area (Å²) < 4.78 is 4.53. The molecule has 0 aliphatic carbocycles. The maximum atomic E-state index is 12.1. The van der Waals surface area contributed by atoms with Gasteiger partial charge in [0.2, 0.25) is 6.04 Å². The second-order valence-electron chi connectivity index (χ2n) is 4.86. The van der Waals surface area contributed by atoms with Crippen LogP contribution in [0.1, 0.15) is 0 Å². The Bertz CT molecular complexity index is 662. The van der Waals surface area contributed by atoms with Crippen LogP contribution in [0.3, 0.4) is 0 Å². The minimum atomic E-state index is -1.23. The van der Waals surface area contributed by atoms with Crippen LogP contribution in [0.5, 0.6) is 5.75 Å². The summed E-state index contributed by atoms with van der Waals surface area (Å²) in [5, 5.41) is 12.8. The highest BCUT2D eigenvalue weighted by Gasteiger charge is 2.71. The lowest BCUT2D eigenvalue weighted by atomic mass is 10.0. The van der Waals surface area contributed by atoms with E-state index in [9.17, 15) is 19.5 Å². The van der Waals surface area contributed by atoms with Crippen molar-refractivity contribution in [3.05, 3.63) is 41.9 Å². The highest BCUT2D eigenvalue weighted by molar-refractivity contribution is 8.02. The Hall–Kier alpha value is -2.32. The van der Waals surface area contributed by atoms with E-state index in [0.29, 0.717) is 5.75 Å². The van der Waals surface area contributed by atoms with E-state index in [0.717, 1.165) is 0 Å². The Morgan fingerprint density at radius 1 is 1.32 bits per heavy atom. The maximum Gasteiger partial charge on any atom is 0.527 e. The van der Waals surface area contributed by atoms with Crippen molar-refractivity contribution in [2.45, 2.75) is 11.4 Å². The van der Waals surface area contributed by atoms with Crippen LogP contribution in [0.2, 0.25) is 0 Å². The molecule has 1 aromatic carbocycles. The number of carbonyl (C=O) groups is 3. The average molecular weight is 321 g/mol. The number of ether oxygens (including phenoxy) is 1. The Morgan fingerprint density at radius 3 is 2.73 bits per heavy atom. The van der Waals surface area contributed by atoms with Gasteiger partial charge in [-0.3, -0.25) is 4.79 Å². The van der Waals surface area contributed by atoms with Crippen LogP contribution in [0, 0.1) is 0 Å². The lowest BCUT2D eigenvalue weighted by molar-refractivity contribution is -0.769. The normalized spacial score (nSPS) is 28.6. The highest BCUT2D eigenvalue weighted by atomic mass is 32.2. The molecule has 0 bridgehead atoms. The lowest BCUT2D eigenvalue weighted by Gasteiger charge is -2.42. The summed E-state index contributed by atoms with van der Waals surface area (Å²) in [5.41, 5.74) is 0. The molecule has 0 spiro atoms. The van der Waals surface area contributed by atoms with Gasteiger partial charge in [0.05, 0.1) is 0 Å². The molecule has 2 aliphatic heterocycles. The standard InChI is InChI=1S/C14H12N2O5S/c17-10(8-21-9-4-2-1-3-5-9)15-11-12(18)16(14(19)20)6-7-22-13(11)16/h1-7,11,13H,8H2,(H-,15,17,19,20)/p+1/t11?,13-,16?/m0/s1. The van der Waals surface area contributed by atoms with Crippen molar-refractivity contribution >= 4 is 29.7 Å². The van der Waals surface area contributed by atoms with Gasteiger partial charge < -0.3 is 15.2 Å². The number of benzene rings is 1. The molecule has 2 unspecified atom stereocenters. The van der Waals surface area contributed by atoms with E-state index in [4.69, 9.17) is 4.74 Å². The van der Waals surface area contributed by atoms with Gasteiger partial charge in [-0.25, -0.2) is 4.79 Å². The summed E-state index contributed by atoms with van der Waals surface area (Å²) >= 11 is 1.22. The van der Waals surface area contributed by atoms with Crippen LogP contribution >= 0.6 is 11.8 Å². The second kappa shape index (κ2) is 5.47. The molecule has 2 aliphatic rings. The molecular formula is C14H13N2O5S+. The molecule has 2 N–H and O–H groups in total. The first kappa shape index (κ1) is 14.6. The van der Waals surface area contributed by atoms with Gasteiger partial charge in [-0.1, -0.05) is 30.0 Å². The van der Waals surface area contributed by atoms with Crippen molar-refractivity contribution in [1.29, 1.82) is 0 Å². The molecule has 22 heavy (non-hydrogen) atoms. The molecule has 8 heteroatoms. The minimum absolute atomic E-state index is 0.230. The monoisotopic (exact) mass is 321 g/mol. The van der Waals surface area contributed by atoms with Gasteiger partial charge in [0.15, 0.2) is 12.0 Å². The van der Waals surface area contributed by atoms with Gasteiger partial charge in [0.25, 0.3) is 5.91 Å². The van der Waals surface area contributed by atoms with E-state index in [-0.39, 0.29) is 6.61 Å². The Morgan fingerprint density at radius 2 is 2.05 bits per heavy atom. The van der Waals surface area contributed by atoms with Crippen LogP contribution in [0.15, 0.2) is 41.9 Å². The summed E-state index contributed by atoms with van der Waals surface area (Å²) in [4.78, 5) is 35.2. The third-order valence-corrected chi connectivity index (χ3v) is 4.74. The number of thioether (sulfide) groups is 1. The maximum absolute atomic E-state index is 12.1. The number of β-lactam (4-membered cyclic amide) rings is 1. The predicted molar refractivity (Wildman–Crippen MR) is 77.7 cm³/mol. The predicted octanol–water partition coefficient (Wildman–Crippen LogP) is 1.13. The third kappa shape index (κ3) is 2.16. The first-order valence-corrected chi connectivity index (χ1v) is 7.46. The van der Waals surface area contributed by atoms with E-state index in [1.165, 1.54) is 18.0 Å². The number of fused-ring (bicyclic) bond motifs is 1. The fourth-order valence-electron chi connectivity index (χ4n) is 2.46. The number of hydrogen-bond donors (Lipinski definition) is 2. The van der Waals surface area contributed by atoms with Gasteiger partial charge >= 0.3 is 12.0 Å². The van der Waals surface area contributed by atoms with E-state index < -0.39 is 33.8 Å². The fourth-order valence-corrected chi connectivity index (χ4v) is 3.68. The molecule has 0 aromatic heterocycles. The number of nitrogens with one attached hydrogen (secondary N) is 1. The van der Waals surface area contributed by atoms with Crippen molar-refractivity contribution in [3.8, 4) is 5.75 Å². The SMILES string of the molecule is O=C(COc1ccccc1)NC1C(=O)[N+]2(C(=O)O)C=CS[C@@H]12. The van der Waals surface area contributed by atoms with Crippen molar-refractivity contribution < 1.29 is 28.7 Å². The van der Waals surface area contributed by atoms with E-state index >= 15 is 0 Å². The van der Waals surface area contributed by atoms with E-state index in [1.807, 2.05) is 6.07 Å². The zero-order chi connectivity index (χ0) is 15.7. The molecule has 3 rings (SSSR count). The van der Waals surface area contributed by atoms with Gasteiger partial charge in [-0.2, -0.15) is 4.79 Å². The molecule has 2 heterocycles. The number of carbonyl (C=O) groups excluding carboxylic acids is 2. The molecule has 0 radical (unpaired) electrons. The number of carboxylic acid groups (broad SMARTS) is 1. The Labute approximate surface area is 130 Å². The summed E-state index contributed by atoms with van der Waals surface area (Å²) in [6, 6.07) is 8.00. The zero-order valence-corrected chi connectivity index (χ0v) is 12.2. The van der Waals surface area contributed by atoms with E-state index in [2.05, 4.69) is 5.32 Å². The average Bonchev–Trinajstić information content (AvgIpc) is 2.92. The first-order chi connectivity index (χ1) is 10.6. The summed E-state index contributed by atoms with van der Waals surface area (Å²) in [7, 11) is 0. The van der Waals surface area contributed by atoms with Crippen molar-refractivity contribution in [1.82, 2.24) is 5.32 Å². The van der Waals surface area contributed by atoms with Gasteiger partial charge in [-0.05, 0) is 12.1 Å². The van der Waals surface area contributed by atoms with Crippen LogP contribution < -0.4 is 10.1 Å². The first-order valence-electron chi connectivity index (χ1n) is 6.52. The zero-order valence-electron chi connectivity index (χ0n) is 11.3. The van der Waals surface area contributed by atoms with Gasteiger partial charge in [-0.15, -0.1) is 4.48 Å². The molecule has 1 saturated heterocycles.